The summed E-state index contributed by atoms with van der Waals surface area (Å²) < 4.78 is 212. The molecule has 0 saturated heterocycles. The number of alkyl halides is 12. The van der Waals surface area contributed by atoms with Crippen molar-refractivity contribution in [2.24, 2.45) is 0 Å². The van der Waals surface area contributed by atoms with Crippen LogP contribution in [0.4, 0.5) is 58.4 Å². The number of nitrogens with zero attached hydrogens (tertiary/aromatic N) is 4. The zero-order valence-corrected chi connectivity index (χ0v) is 69.5. The molecule has 0 aromatic heterocycles. The summed E-state index contributed by atoms with van der Waals surface area (Å²) in [5, 5.41) is 0. The number of hydrogen-bond acceptors (Lipinski definition) is 13. The van der Waals surface area contributed by atoms with Crippen molar-refractivity contribution in [3.05, 3.63) is 253 Å². The fourth-order valence-corrected chi connectivity index (χ4v) is 35.0. The molecule has 33 heteroatoms. The Morgan fingerprint density at radius 3 is 0.966 bits per heavy atom. The molecule has 0 spiro atoms. The Morgan fingerprint density at radius 1 is 0.336 bits per heavy atom. The standard InChI is InChI=1S/C48H34F6N2O6.C35H48F6N2O7Si4/c1-27-5-15-33(16-6-27)61-34-17-7-28(8-18-34)45(2,3)29-9-19-35(20-10-29)62-36-21-13-32(14-22-36)56-43(59)38-24-12-31(26-40(38)44(56)60)46(47(49,50)51,48(52,53)54)30-11-23-37-39(25-30)42(58)55(4)41(37)57;1-11-12-19-51(3,4)48-53(7,8)50-54(9,10)49-52(5,6)20-13-18-43-31(46)26-17-15-24(22-28(26)32(43)47)33(34(36,37)38,35(39,40)41)23-14-16-25-27(21-23)30(45)42(2)29(25)44/h5-26H,1-4H3;14-17,21-22H,11-13,18-20H2,1-10H3. The van der Waals surface area contributed by atoms with E-state index in [1.54, 1.807) is 12.1 Å². The molecule has 0 atom stereocenters. The van der Waals surface area contributed by atoms with E-state index in [9.17, 15) is 64.7 Å². The van der Waals surface area contributed by atoms with Crippen LogP contribution in [0.5, 0.6) is 23.0 Å². The van der Waals surface area contributed by atoms with Gasteiger partial charge >= 0.3 is 41.8 Å². The van der Waals surface area contributed by atoms with Gasteiger partial charge in [0, 0.05) is 26.1 Å². The smallest absolute Gasteiger partial charge is 0.411 e. The van der Waals surface area contributed by atoms with E-state index < -0.39 is 172 Å². The topological polar surface area (TPSA) is 196 Å². The average molecular weight is 1680 g/mol. The van der Waals surface area contributed by atoms with Crippen LogP contribution in [-0.4, -0.2) is 141 Å². The van der Waals surface area contributed by atoms with Crippen LogP contribution in [0.1, 0.15) is 162 Å². The molecule has 0 bridgehead atoms. The molecule has 8 aromatic carbocycles. The molecule has 0 saturated carbocycles. The average Bonchev–Trinajstić information content (AvgIpc) is 1.26. The molecule has 12 rings (SSSR count). The highest BCUT2D eigenvalue weighted by Crippen LogP contribution is 2.59. The fraction of sp³-hybridized carbons (Fsp3) is 0.325. The van der Waals surface area contributed by atoms with Crippen molar-refractivity contribution >= 4 is 86.7 Å². The number of amides is 8. The van der Waals surface area contributed by atoms with Gasteiger partial charge in [-0.05, 0) is 220 Å². The molecule has 612 valence electrons. The molecule has 4 heterocycles. The van der Waals surface area contributed by atoms with Gasteiger partial charge in [-0.2, -0.15) is 52.7 Å². The summed E-state index contributed by atoms with van der Waals surface area (Å²) in [6, 6.07) is 36.8. The maximum absolute atomic E-state index is 15.1. The molecule has 4 aliphatic heterocycles. The van der Waals surface area contributed by atoms with E-state index in [1.807, 2.05) is 107 Å². The lowest BCUT2D eigenvalue weighted by Gasteiger charge is -2.41. The molecule has 0 aliphatic carbocycles. The summed E-state index contributed by atoms with van der Waals surface area (Å²) in [5.41, 5.74) is -16.2. The number of anilines is 1. The van der Waals surface area contributed by atoms with Crippen molar-refractivity contribution in [3.63, 3.8) is 0 Å². The first-order chi connectivity index (χ1) is 53.7. The Labute approximate surface area is 665 Å². The molecular formula is C83H82F12N4O13Si4. The van der Waals surface area contributed by atoms with Gasteiger partial charge in [-0.3, -0.25) is 53.1 Å². The second kappa shape index (κ2) is 31.0. The Morgan fingerprint density at radius 2 is 0.612 bits per heavy atom. The van der Waals surface area contributed by atoms with Crippen LogP contribution >= 0.6 is 0 Å². The number of benzene rings is 8. The highest BCUT2D eigenvalue weighted by atomic mass is 28.5. The number of halogens is 12. The number of hydrogen-bond donors (Lipinski definition) is 0. The molecule has 8 aromatic rings. The van der Waals surface area contributed by atoms with Crippen molar-refractivity contribution in [2.75, 3.05) is 25.5 Å². The van der Waals surface area contributed by atoms with Crippen LogP contribution in [0.25, 0.3) is 0 Å². The maximum atomic E-state index is 15.1. The van der Waals surface area contributed by atoms with E-state index in [2.05, 4.69) is 33.9 Å². The van der Waals surface area contributed by atoms with Crippen LogP contribution in [0, 0.1) is 6.92 Å². The predicted molar refractivity (Wildman–Crippen MR) is 416 cm³/mol. The van der Waals surface area contributed by atoms with E-state index >= 15 is 26.3 Å². The Balaban J connectivity index is 0.000000231. The lowest BCUT2D eigenvalue weighted by molar-refractivity contribution is -0.290. The third kappa shape index (κ3) is 16.3. The van der Waals surface area contributed by atoms with Crippen molar-refractivity contribution in [2.45, 2.75) is 152 Å². The molecule has 0 unspecified atom stereocenters. The van der Waals surface area contributed by atoms with Gasteiger partial charge in [0.2, 0.25) is 10.8 Å². The number of rotatable bonds is 24. The third-order valence-corrected chi connectivity index (χ3v) is 36.4. The van der Waals surface area contributed by atoms with Gasteiger partial charge < -0.3 is 21.8 Å². The van der Waals surface area contributed by atoms with Crippen LogP contribution in [0.2, 0.25) is 64.5 Å². The number of aryl methyl sites for hydroxylation is 1. The molecular weight excluding hydrogens is 1600 g/mol. The first-order valence-electron chi connectivity index (χ1n) is 36.8. The summed E-state index contributed by atoms with van der Waals surface area (Å²) in [6.45, 7) is 24.4. The number of fused-ring (bicyclic) bond motifs is 4. The summed E-state index contributed by atoms with van der Waals surface area (Å²) in [4.78, 5) is 107. The van der Waals surface area contributed by atoms with Crippen LogP contribution in [0.3, 0.4) is 0 Å². The number of imide groups is 4. The highest BCUT2D eigenvalue weighted by Gasteiger charge is 2.74. The Bertz CT molecular complexity index is 5220. The van der Waals surface area contributed by atoms with Crippen LogP contribution in [-0.2, 0) is 28.6 Å². The number of carbonyl (C=O) groups excluding carboxylic acids is 8. The minimum absolute atomic E-state index is 0.0127. The quantitative estimate of drug-likeness (QED) is 0.0315. The molecule has 0 fully saturated rings. The largest absolute Gasteiger partial charge is 0.457 e. The monoisotopic (exact) mass is 1680 g/mol. The zero-order chi connectivity index (χ0) is 85.6. The first-order valence-corrected chi connectivity index (χ1v) is 48.7. The number of unbranched alkanes of at least 4 members (excludes halogenated alkanes) is 1. The van der Waals surface area contributed by atoms with E-state index in [4.69, 9.17) is 21.8 Å². The Kier molecular flexibility index (Phi) is 23.2. The summed E-state index contributed by atoms with van der Waals surface area (Å²) in [6.07, 6.45) is -21.8. The van der Waals surface area contributed by atoms with Crippen molar-refractivity contribution < 1.29 is 113 Å². The van der Waals surface area contributed by atoms with Crippen molar-refractivity contribution in [1.82, 2.24) is 14.7 Å². The Hall–Kier alpha value is -10.2. The normalized spacial score (nSPS) is 15.2. The maximum Gasteiger partial charge on any atom is 0.411 e. The number of carbonyl (C=O) groups is 8. The second-order valence-corrected chi connectivity index (χ2v) is 47.7. The number of ether oxygens (including phenoxy) is 2. The molecule has 17 nitrogen and oxygen atoms in total. The van der Waals surface area contributed by atoms with Crippen LogP contribution in [0.15, 0.2) is 170 Å². The summed E-state index contributed by atoms with van der Waals surface area (Å²) in [7, 11) is -7.59. The fourth-order valence-electron chi connectivity index (χ4n) is 15.5. The first kappa shape index (κ1) is 86.7. The highest BCUT2D eigenvalue weighted by molar-refractivity contribution is 6.89. The van der Waals surface area contributed by atoms with Gasteiger partial charge in [-0.25, -0.2) is 4.90 Å². The zero-order valence-electron chi connectivity index (χ0n) is 65.5. The lowest BCUT2D eigenvalue weighted by Crippen LogP contribution is -2.56. The molecule has 0 radical (unpaired) electrons. The van der Waals surface area contributed by atoms with Gasteiger partial charge in [0.15, 0.2) is 16.6 Å². The minimum Gasteiger partial charge on any atom is -0.457 e. The lowest BCUT2D eigenvalue weighted by atomic mass is 9.71. The van der Waals surface area contributed by atoms with Crippen molar-refractivity contribution in [1.29, 1.82) is 0 Å². The van der Waals surface area contributed by atoms with Crippen LogP contribution < -0.4 is 14.4 Å². The predicted octanol–water partition coefficient (Wildman–Crippen LogP) is 20.3. The van der Waals surface area contributed by atoms with E-state index in [1.165, 1.54) is 24.3 Å². The molecule has 116 heavy (non-hydrogen) atoms. The van der Waals surface area contributed by atoms with E-state index in [-0.39, 0.29) is 35.3 Å². The molecule has 4 aliphatic rings. The van der Waals surface area contributed by atoms with Crippen molar-refractivity contribution in [3.8, 4) is 23.0 Å². The van der Waals surface area contributed by atoms with E-state index in [0.717, 1.165) is 84.6 Å². The SMILES string of the molecule is CCCC[Si](C)(C)O[Si](C)(C)O[Si](C)(C)O[Si](C)(C)CCCN1C(=O)c2ccc(C(c3ccc4c(c3)C(=O)N(C)C4=O)(C(F)(F)F)C(F)(F)F)cc2C1=O.Cc1ccc(Oc2ccc(C(C)(C)c3ccc(Oc4ccc(N5C(=O)c6ccc(C(c7ccc8c(c7)C(=O)N(C)C8=O)(C(F)(F)F)C(F)(F)F)cc6C5=O)cc4)cc3)cc2)cc1. The second-order valence-electron chi connectivity index (χ2n) is 31.6. The van der Waals surface area contributed by atoms with Gasteiger partial charge in [0.05, 0.1) is 50.2 Å². The molecule has 8 amide bonds. The van der Waals surface area contributed by atoms with Gasteiger partial charge in [0.1, 0.15) is 23.0 Å². The summed E-state index contributed by atoms with van der Waals surface area (Å²) >= 11 is 0. The van der Waals surface area contributed by atoms with Gasteiger partial charge in [0.25, 0.3) is 47.3 Å². The van der Waals surface area contributed by atoms with E-state index in [0.29, 0.717) is 86.5 Å². The summed E-state index contributed by atoms with van der Waals surface area (Å²) in [5.74, 6) is -5.65. The minimum atomic E-state index is -6.08. The van der Waals surface area contributed by atoms with Gasteiger partial charge in [-0.15, -0.1) is 0 Å². The molecule has 0 N–H and O–H groups in total. The third-order valence-electron chi connectivity index (χ3n) is 21.0. The van der Waals surface area contributed by atoms with Gasteiger partial charge in [-0.1, -0.05) is 99.8 Å².